The van der Waals surface area contributed by atoms with E-state index in [0.29, 0.717) is 23.5 Å². The van der Waals surface area contributed by atoms with Crippen LogP contribution in [0.4, 0.5) is 17.6 Å². The molecule has 0 saturated heterocycles. The highest BCUT2D eigenvalue weighted by atomic mass is 35.5. The molecule has 0 radical (unpaired) electrons. The normalized spacial score (nSPS) is 17.9. The molecule has 3 aromatic carbocycles. The summed E-state index contributed by atoms with van der Waals surface area (Å²) in [5, 5.41) is -0.573. The fourth-order valence-electron chi connectivity index (χ4n) is 5.37. The fraction of sp³-hybridized carbons (Fsp3) is 0.419. The maximum Gasteiger partial charge on any atom is 0.145 e. The molecule has 0 amide bonds. The largest absolute Gasteiger partial charge is 0.207 e. The van der Waals surface area contributed by atoms with Crippen molar-refractivity contribution in [3.63, 3.8) is 0 Å². The van der Waals surface area contributed by atoms with Crippen LogP contribution in [0.5, 0.6) is 0 Å². The van der Waals surface area contributed by atoms with Crippen molar-refractivity contribution in [3.05, 3.63) is 105 Å². The first-order valence-corrected chi connectivity index (χ1v) is 13.3. The average molecular weight is 517 g/mol. The second-order valence-corrected chi connectivity index (χ2v) is 10.7. The molecule has 0 atom stereocenters. The van der Waals surface area contributed by atoms with Crippen LogP contribution in [0.1, 0.15) is 66.3 Å². The first-order valence-electron chi connectivity index (χ1n) is 12.9. The highest BCUT2D eigenvalue weighted by molar-refractivity contribution is 6.30. The fourth-order valence-corrected chi connectivity index (χ4v) is 5.47. The second kappa shape index (κ2) is 12.3. The summed E-state index contributed by atoms with van der Waals surface area (Å²) in [4.78, 5) is 0. The maximum absolute atomic E-state index is 14.7. The summed E-state index contributed by atoms with van der Waals surface area (Å²) >= 11 is 5.50. The number of benzene rings is 3. The Hall–Kier alpha value is -2.33. The Labute approximate surface area is 216 Å². The van der Waals surface area contributed by atoms with Crippen molar-refractivity contribution < 1.29 is 17.6 Å². The summed E-state index contributed by atoms with van der Waals surface area (Å²) in [6, 6.07) is 13.8. The molecule has 1 fully saturated rings. The number of halogens is 5. The monoisotopic (exact) mass is 516 g/mol. The molecule has 1 aliphatic rings. The van der Waals surface area contributed by atoms with Gasteiger partial charge in [0.25, 0.3) is 0 Å². The molecule has 0 spiro atoms. The molecule has 0 unspecified atom stereocenters. The number of rotatable bonds is 9. The minimum Gasteiger partial charge on any atom is -0.207 e. The van der Waals surface area contributed by atoms with E-state index in [9.17, 15) is 17.6 Å². The van der Waals surface area contributed by atoms with Gasteiger partial charge in [-0.1, -0.05) is 67.1 Å². The molecule has 192 valence electrons. The number of hydrogen-bond donors (Lipinski definition) is 0. The van der Waals surface area contributed by atoms with Gasteiger partial charge in [0.05, 0.1) is 0 Å². The van der Waals surface area contributed by atoms with E-state index in [0.717, 1.165) is 30.9 Å². The van der Waals surface area contributed by atoms with Gasteiger partial charge in [-0.15, -0.1) is 0 Å². The lowest BCUT2D eigenvalue weighted by atomic mass is 9.77. The third kappa shape index (κ3) is 7.12. The van der Waals surface area contributed by atoms with Crippen LogP contribution in [0.3, 0.4) is 0 Å². The van der Waals surface area contributed by atoms with Crippen molar-refractivity contribution in [3.8, 4) is 0 Å². The number of aryl methyl sites for hydroxylation is 4. The van der Waals surface area contributed by atoms with Crippen molar-refractivity contribution in [2.75, 3.05) is 0 Å². The van der Waals surface area contributed by atoms with E-state index in [-0.39, 0.29) is 18.4 Å². The van der Waals surface area contributed by atoms with Gasteiger partial charge in [-0.2, -0.15) is 0 Å². The van der Waals surface area contributed by atoms with Crippen LogP contribution in [0, 0.1) is 42.0 Å². The van der Waals surface area contributed by atoms with E-state index in [1.54, 1.807) is 0 Å². The van der Waals surface area contributed by atoms with Crippen molar-refractivity contribution in [1.29, 1.82) is 0 Å². The van der Waals surface area contributed by atoms with Crippen molar-refractivity contribution in [2.45, 2.75) is 71.1 Å². The van der Waals surface area contributed by atoms with Gasteiger partial charge in [0.1, 0.15) is 28.3 Å². The molecular formula is C31H33ClF4. The molecule has 36 heavy (non-hydrogen) atoms. The molecule has 0 bridgehead atoms. The predicted octanol–water partition coefficient (Wildman–Crippen LogP) is 9.36. The third-order valence-corrected chi connectivity index (χ3v) is 8.04. The molecule has 0 N–H and O–H groups in total. The van der Waals surface area contributed by atoms with E-state index in [2.05, 4.69) is 31.2 Å². The molecule has 0 nitrogen and oxygen atoms in total. The molecule has 4 rings (SSSR count). The molecule has 5 heteroatoms. The van der Waals surface area contributed by atoms with Crippen molar-refractivity contribution in [2.24, 2.45) is 11.8 Å². The van der Waals surface area contributed by atoms with Gasteiger partial charge in [-0.05, 0) is 98.2 Å². The quantitative estimate of drug-likeness (QED) is 0.196. The third-order valence-electron chi connectivity index (χ3n) is 7.68. The molecule has 3 aromatic rings. The van der Waals surface area contributed by atoms with Crippen LogP contribution in [0.25, 0.3) is 0 Å². The summed E-state index contributed by atoms with van der Waals surface area (Å²) in [6.45, 7) is 2.11. The Morgan fingerprint density at radius 2 is 1.06 bits per heavy atom. The summed E-state index contributed by atoms with van der Waals surface area (Å²) in [7, 11) is 0. The van der Waals surface area contributed by atoms with Crippen LogP contribution >= 0.6 is 11.6 Å². The van der Waals surface area contributed by atoms with Gasteiger partial charge in [-0.3, -0.25) is 0 Å². The minimum atomic E-state index is -0.872. The Bertz CT molecular complexity index is 1120. The molecule has 0 aromatic heterocycles. The summed E-state index contributed by atoms with van der Waals surface area (Å²) in [6.07, 6.45) is 8.88. The smallest absolute Gasteiger partial charge is 0.145 e. The van der Waals surface area contributed by atoms with E-state index >= 15 is 0 Å². The van der Waals surface area contributed by atoms with Crippen LogP contribution < -0.4 is 0 Å². The Morgan fingerprint density at radius 1 is 0.611 bits per heavy atom. The number of hydrogen-bond acceptors (Lipinski definition) is 0. The topological polar surface area (TPSA) is 0 Å². The maximum atomic E-state index is 14.7. The van der Waals surface area contributed by atoms with Gasteiger partial charge < -0.3 is 0 Å². The van der Waals surface area contributed by atoms with E-state index in [1.807, 2.05) is 0 Å². The highest BCUT2D eigenvalue weighted by Crippen LogP contribution is 2.34. The van der Waals surface area contributed by atoms with Gasteiger partial charge in [0.2, 0.25) is 0 Å². The van der Waals surface area contributed by atoms with Crippen LogP contribution in [0.15, 0.2) is 48.5 Å². The van der Waals surface area contributed by atoms with Crippen molar-refractivity contribution in [1.82, 2.24) is 0 Å². The molecule has 0 heterocycles. The summed E-state index contributed by atoms with van der Waals surface area (Å²) < 4.78 is 56.7. The first-order chi connectivity index (χ1) is 17.3. The zero-order chi connectivity index (χ0) is 25.7. The van der Waals surface area contributed by atoms with Gasteiger partial charge in [0.15, 0.2) is 0 Å². The van der Waals surface area contributed by atoms with E-state index < -0.39 is 28.3 Å². The van der Waals surface area contributed by atoms with Gasteiger partial charge >= 0.3 is 0 Å². The summed E-state index contributed by atoms with van der Waals surface area (Å²) in [5.74, 6) is -1.58. The lowest BCUT2D eigenvalue weighted by Gasteiger charge is -2.28. The lowest BCUT2D eigenvalue weighted by molar-refractivity contribution is 0.253. The molecule has 1 aliphatic carbocycles. The molecular weight excluding hydrogens is 484 g/mol. The Morgan fingerprint density at radius 3 is 1.58 bits per heavy atom. The van der Waals surface area contributed by atoms with E-state index in [1.165, 1.54) is 55.4 Å². The zero-order valence-corrected chi connectivity index (χ0v) is 21.5. The lowest BCUT2D eigenvalue weighted by Crippen LogP contribution is -2.16. The standard InChI is InChI=1S/C31H33ClF4/c1-20-2-4-21(5-3-20)6-7-22-8-10-23(11-9-22)12-13-24-16-27(33)26(28(34)17-24)15-14-25-18-29(35)31(32)30(36)19-25/h2-5,16-19,22-23H,6-15H2,1H3/t22-,23-. The van der Waals surface area contributed by atoms with Crippen LogP contribution in [-0.2, 0) is 25.7 Å². The first kappa shape index (κ1) is 26.7. The zero-order valence-electron chi connectivity index (χ0n) is 20.7. The van der Waals surface area contributed by atoms with E-state index in [4.69, 9.17) is 11.6 Å². The highest BCUT2D eigenvalue weighted by Gasteiger charge is 2.21. The average Bonchev–Trinajstić information content (AvgIpc) is 2.86. The van der Waals surface area contributed by atoms with Gasteiger partial charge in [0, 0.05) is 5.56 Å². The van der Waals surface area contributed by atoms with Crippen LogP contribution in [-0.4, -0.2) is 0 Å². The second-order valence-electron chi connectivity index (χ2n) is 10.4. The molecule has 0 aliphatic heterocycles. The predicted molar refractivity (Wildman–Crippen MR) is 138 cm³/mol. The van der Waals surface area contributed by atoms with Crippen molar-refractivity contribution >= 4 is 11.6 Å². The van der Waals surface area contributed by atoms with Crippen LogP contribution in [0.2, 0.25) is 5.02 Å². The minimum absolute atomic E-state index is 0.0189. The molecule has 1 saturated carbocycles. The SMILES string of the molecule is Cc1ccc(CC[C@H]2CC[C@H](CCc3cc(F)c(CCc4cc(F)c(Cl)c(F)c4)c(F)c3)CC2)cc1. The summed E-state index contributed by atoms with van der Waals surface area (Å²) in [5.41, 5.74) is 3.62. The Kier molecular flexibility index (Phi) is 9.11. The van der Waals surface area contributed by atoms with Gasteiger partial charge in [-0.25, -0.2) is 17.6 Å². The Balaban J connectivity index is 1.24.